The lowest BCUT2D eigenvalue weighted by molar-refractivity contribution is 0.0624. The van der Waals surface area contributed by atoms with Crippen LogP contribution >= 0.6 is 11.3 Å². The first-order valence-corrected chi connectivity index (χ1v) is 11.4. The number of hydrogen-bond donors (Lipinski definition) is 1. The maximum atomic E-state index is 13.5. The molecule has 32 heavy (non-hydrogen) atoms. The van der Waals surface area contributed by atoms with Crippen LogP contribution in [0, 0.1) is 5.82 Å². The number of carbonyl (C=O) groups is 1. The minimum Gasteiger partial charge on any atom is -0.335 e. The zero-order valence-electron chi connectivity index (χ0n) is 17.4. The lowest BCUT2D eigenvalue weighted by Crippen LogP contribution is -2.48. The van der Waals surface area contributed by atoms with Gasteiger partial charge >= 0.3 is 0 Å². The molecule has 4 aromatic rings. The Bertz CT molecular complexity index is 1340. The monoisotopic (exact) mass is 447 g/mol. The van der Waals surface area contributed by atoms with Gasteiger partial charge in [-0.3, -0.25) is 14.5 Å². The number of rotatable bonds is 4. The van der Waals surface area contributed by atoms with E-state index in [0.29, 0.717) is 24.2 Å². The van der Waals surface area contributed by atoms with Gasteiger partial charge < -0.3 is 9.88 Å². The molecule has 5 nitrogen and oxygen atoms in total. The molecule has 0 saturated carbocycles. The molecule has 1 aliphatic heterocycles. The summed E-state index contributed by atoms with van der Waals surface area (Å²) in [5.74, 6) is -0.372. The number of thiophene rings is 1. The van der Waals surface area contributed by atoms with Crippen LogP contribution in [0.1, 0.15) is 15.4 Å². The quantitative estimate of drug-likeness (QED) is 0.506. The molecular weight excluding hydrogens is 425 g/mol. The SMILES string of the molecule is O=C(c1cc2ccccc2c(=O)[nH]1)N1CCN(Cc2ccc(-c3cccc(F)c3)s2)CC1. The fourth-order valence-electron chi connectivity index (χ4n) is 4.09. The third-order valence-corrected chi connectivity index (χ3v) is 6.91. The van der Waals surface area contributed by atoms with Crippen molar-refractivity contribution in [3.63, 3.8) is 0 Å². The molecule has 0 aliphatic carbocycles. The average Bonchev–Trinajstić information content (AvgIpc) is 3.28. The van der Waals surface area contributed by atoms with Crippen LogP contribution in [0.15, 0.2) is 71.5 Å². The van der Waals surface area contributed by atoms with E-state index in [0.717, 1.165) is 35.5 Å². The number of aromatic nitrogens is 1. The zero-order valence-corrected chi connectivity index (χ0v) is 18.2. The van der Waals surface area contributed by atoms with Gasteiger partial charge in [0, 0.05) is 47.9 Å². The molecule has 0 radical (unpaired) electrons. The second kappa shape index (κ2) is 8.68. The highest BCUT2D eigenvalue weighted by Crippen LogP contribution is 2.29. The van der Waals surface area contributed by atoms with Gasteiger partial charge in [0.1, 0.15) is 11.5 Å². The first-order valence-electron chi connectivity index (χ1n) is 10.6. The second-order valence-electron chi connectivity index (χ2n) is 7.94. The molecule has 2 aromatic heterocycles. The van der Waals surface area contributed by atoms with Gasteiger partial charge in [-0.2, -0.15) is 0 Å². The molecular formula is C25H22FN3O2S. The number of benzene rings is 2. The van der Waals surface area contributed by atoms with E-state index in [1.165, 1.54) is 10.9 Å². The highest BCUT2D eigenvalue weighted by atomic mass is 32.1. The summed E-state index contributed by atoms with van der Waals surface area (Å²) in [6, 6.07) is 19.8. The second-order valence-corrected chi connectivity index (χ2v) is 9.11. The molecule has 5 rings (SSSR count). The number of nitrogens with zero attached hydrogens (tertiary/aromatic N) is 2. The van der Waals surface area contributed by atoms with Crippen molar-refractivity contribution in [2.24, 2.45) is 0 Å². The number of amides is 1. The van der Waals surface area contributed by atoms with Gasteiger partial charge in [-0.25, -0.2) is 4.39 Å². The van der Waals surface area contributed by atoms with Gasteiger partial charge in [0.05, 0.1) is 0 Å². The number of pyridine rings is 1. The zero-order chi connectivity index (χ0) is 22.1. The molecule has 1 amide bonds. The fraction of sp³-hybridized carbons (Fsp3) is 0.200. The van der Waals surface area contributed by atoms with Gasteiger partial charge in [0.15, 0.2) is 0 Å². The number of aromatic amines is 1. The van der Waals surface area contributed by atoms with Gasteiger partial charge in [-0.15, -0.1) is 11.3 Å². The Morgan fingerprint density at radius 3 is 2.59 bits per heavy atom. The summed E-state index contributed by atoms with van der Waals surface area (Å²) in [4.78, 5) is 34.4. The molecule has 2 aromatic carbocycles. The van der Waals surface area contributed by atoms with E-state index >= 15 is 0 Å². The largest absolute Gasteiger partial charge is 0.335 e. The molecule has 3 heterocycles. The molecule has 1 fully saturated rings. The molecule has 162 valence electrons. The Morgan fingerprint density at radius 1 is 0.969 bits per heavy atom. The standard InChI is InChI=1S/C25H22FN3O2S/c26-19-6-3-5-18(14-19)23-9-8-20(32-23)16-28-10-12-29(13-11-28)25(31)22-15-17-4-1-2-7-21(17)24(30)27-22/h1-9,14-15H,10-13,16H2,(H,27,30). The first kappa shape index (κ1) is 20.6. The normalized spacial score (nSPS) is 14.7. The summed E-state index contributed by atoms with van der Waals surface area (Å²) < 4.78 is 13.5. The van der Waals surface area contributed by atoms with E-state index in [4.69, 9.17) is 0 Å². The summed E-state index contributed by atoms with van der Waals surface area (Å²) in [6.07, 6.45) is 0. The van der Waals surface area contributed by atoms with Crippen LogP contribution in [0.4, 0.5) is 4.39 Å². The highest BCUT2D eigenvalue weighted by molar-refractivity contribution is 7.15. The van der Waals surface area contributed by atoms with E-state index < -0.39 is 0 Å². The maximum absolute atomic E-state index is 13.5. The van der Waals surface area contributed by atoms with Crippen molar-refractivity contribution >= 4 is 28.0 Å². The number of halogens is 1. The number of H-pyrrole nitrogens is 1. The number of carbonyl (C=O) groups excluding carboxylic acids is 1. The molecule has 0 bridgehead atoms. The van der Waals surface area contributed by atoms with E-state index in [9.17, 15) is 14.0 Å². The summed E-state index contributed by atoms with van der Waals surface area (Å²) in [7, 11) is 0. The van der Waals surface area contributed by atoms with Crippen molar-refractivity contribution in [2.75, 3.05) is 26.2 Å². The van der Waals surface area contributed by atoms with E-state index in [1.807, 2.05) is 30.3 Å². The van der Waals surface area contributed by atoms with E-state index in [1.54, 1.807) is 40.5 Å². The summed E-state index contributed by atoms with van der Waals surface area (Å²) >= 11 is 1.67. The molecule has 7 heteroatoms. The summed E-state index contributed by atoms with van der Waals surface area (Å²) in [5, 5.41) is 1.35. The minimum atomic E-state index is -0.239. The summed E-state index contributed by atoms with van der Waals surface area (Å²) in [5.41, 5.74) is 0.984. The van der Waals surface area contributed by atoms with Crippen molar-refractivity contribution in [3.05, 3.63) is 93.5 Å². The Labute approximate surface area is 188 Å². The number of hydrogen-bond acceptors (Lipinski definition) is 4. The van der Waals surface area contributed by atoms with E-state index in [2.05, 4.69) is 16.0 Å². The lowest BCUT2D eigenvalue weighted by Gasteiger charge is -2.34. The van der Waals surface area contributed by atoms with Gasteiger partial charge in [-0.05, 0) is 47.3 Å². The van der Waals surface area contributed by atoms with Crippen molar-refractivity contribution in [1.82, 2.24) is 14.8 Å². The Kier molecular flexibility index (Phi) is 5.59. The maximum Gasteiger partial charge on any atom is 0.270 e. The van der Waals surface area contributed by atoms with Gasteiger partial charge in [-0.1, -0.05) is 30.3 Å². The Hall–Kier alpha value is -3.29. The van der Waals surface area contributed by atoms with Crippen LogP contribution in [0.2, 0.25) is 0 Å². The molecule has 1 saturated heterocycles. The van der Waals surface area contributed by atoms with Crippen LogP contribution in [0.3, 0.4) is 0 Å². The number of nitrogens with one attached hydrogen (secondary N) is 1. The van der Waals surface area contributed by atoms with Crippen LogP contribution in [0.5, 0.6) is 0 Å². The molecule has 1 N–H and O–H groups in total. The van der Waals surface area contributed by atoms with Crippen molar-refractivity contribution < 1.29 is 9.18 Å². The van der Waals surface area contributed by atoms with Crippen molar-refractivity contribution in [3.8, 4) is 10.4 Å². The molecule has 0 unspecified atom stereocenters. The molecule has 0 spiro atoms. The van der Waals surface area contributed by atoms with Crippen molar-refractivity contribution in [2.45, 2.75) is 6.54 Å². The minimum absolute atomic E-state index is 0.142. The molecule has 1 aliphatic rings. The number of piperazine rings is 1. The summed E-state index contributed by atoms with van der Waals surface area (Å²) in [6.45, 7) is 3.54. The Balaban J connectivity index is 1.22. The van der Waals surface area contributed by atoms with Crippen molar-refractivity contribution in [1.29, 1.82) is 0 Å². The topological polar surface area (TPSA) is 56.4 Å². The first-order chi connectivity index (χ1) is 15.6. The third-order valence-electron chi connectivity index (χ3n) is 5.79. The fourth-order valence-corrected chi connectivity index (χ4v) is 5.13. The number of fused-ring (bicyclic) bond motifs is 1. The average molecular weight is 448 g/mol. The van der Waals surface area contributed by atoms with E-state index in [-0.39, 0.29) is 17.3 Å². The van der Waals surface area contributed by atoms with Crippen LogP contribution in [-0.2, 0) is 6.54 Å². The van der Waals surface area contributed by atoms with Gasteiger partial charge in [0.25, 0.3) is 11.5 Å². The predicted molar refractivity (Wildman–Crippen MR) is 125 cm³/mol. The van der Waals surface area contributed by atoms with Gasteiger partial charge in [0.2, 0.25) is 0 Å². The van der Waals surface area contributed by atoms with Crippen LogP contribution < -0.4 is 5.56 Å². The van der Waals surface area contributed by atoms with Crippen LogP contribution in [-0.4, -0.2) is 46.9 Å². The lowest BCUT2D eigenvalue weighted by atomic mass is 10.1. The predicted octanol–water partition coefficient (Wildman–Crippen LogP) is 4.35. The van der Waals surface area contributed by atoms with Crippen LogP contribution in [0.25, 0.3) is 21.2 Å². The molecule has 0 atom stereocenters. The Morgan fingerprint density at radius 2 is 1.78 bits per heavy atom. The highest BCUT2D eigenvalue weighted by Gasteiger charge is 2.23. The third kappa shape index (κ3) is 4.22. The smallest absolute Gasteiger partial charge is 0.270 e.